The van der Waals surface area contributed by atoms with Crippen LogP contribution in [-0.2, 0) is 0 Å². The number of ether oxygens (including phenoxy) is 3. The number of rotatable bonds is 8. The van der Waals surface area contributed by atoms with E-state index in [2.05, 4.69) is 13.0 Å². The topological polar surface area (TPSA) is 138 Å². The van der Waals surface area contributed by atoms with Crippen LogP contribution in [0.1, 0.15) is 47.2 Å². The Labute approximate surface area is 217 Å². The molecule has 2 N–H and O–H groups in total. The molecule has 37 heavy (non-hydrogen) atoms. The van der Waals surface area contributed by atoms with Gasteiger partial charge in [0, 0.05) is 23.8 Å². The Balaban J connectivity index is 1.65. The zero-order valence-corrected chi connectivity index (χ0v) is 20.5. The van der Waals surface area contributed by atoms with E-state index in [1.165, 1.54) is 24.3 Å². The van der Waals surface area contributed by atoms with E-state index < -0.39 is 16.8 Å². The smallest absolute Gasteiger partial charge is 0.345 e. The molecule has 1 aliphatic heterocycles. The highest BCUT2D eigenvalue weighted by Crippen LogP contribution is 2.44. The summed E-state index contributed by atoms with van der Waals surface area (Å²) in [6.45, 7) is 2.66. The SMILES string of the molecule is CCCCOc1cccc(C2C(C#N)=C(N)Oc3cc(OC(=O)c4cc([N+](=O)[O-])ccc4Cl)ccc32)c1. The predicted molar refractivity (Wildman–Crippen MR) is 136 cm³/mol. The van der Waals surface area contributed by atoms with Gasteiger partial charge in [0.25, 0.3) is 5.69 Å². The average Bonchev–Trinajstić information content (AvgIpc) is 2.88. The first-order valence-electron chi connectivity index (χ1n) is 11.4. The van der Waals surface area contributed by atoms with Crippen LogP contribution in [0.4, 0.5) is 5.69 Å². The number of nitro groups is 1. The van der Waals surface area contributed by atoms with Crippen LogP contribution in [0.2, 0.25) is 5.02 Å². The van der Waals surface area contributed by atoms with Gasteiger partial charge in [-0.1, -0.05) is 43.1 Å². The number of non-ortho nitro benzene ring substituents is 1. The Kier molecular flexibility index (Phi) is 7.60. The molecule has 0 aromatic heterocycles. The number of nitriles is 1. The number of hydrogen-bond acceptors (Lipinski definition) is 8. The van der Waals surface area contributed by atoms with Crippen LogP contribution in [0.15, 0.2) is 72.1 Å². The summed E-state index contributed by atoms with van der Waals surface area (Å²) in [6.07, 6.45) is 1.93. The highest BCUT2D eigenvalue weighted by Gasteiger charge is 2.31. The number of esters is 1. The molecule has 0 fully saturated rings. The molecule has 0 saturated heterocycles. The van der Waals surface area contributed by atoms with Gasteiger partial charge >= 0.3 is 5.97 Å². The Bertz CT molecular complexity index is 1450. The molecule has 10 heteroatoms. The van der Waals surface area contributed by atoms with Gasteiger partial charge in [0.1, 0.15) is 28.9 Å². The normalized spacial score (nSPS) is 14.2. The van der Waals surface area contributed by atoms with E-state index in [1.54, 1.807) is 6.07 Å². The van der Waals surface area contributed by atoms with Crippen molar-refractivity contribution in [3.8, 4) is 23.3 Å². The van der Waals surface area contributed by atoms with Crippen LogP contribution in [0, 0.1) is 21.4 Å². The number of fused-ring (bicyclic) bond motifs is 1. The standard InChI is InChI=1S/C27H22ClN3O6/c1-2-3-11-35-18-6-4-5-16(12-18)25-20-9-8-19(14-24(20)37-26(30)22(25)15-29)36-27(32)21-13-17(31(33)34)7-10-23(21)28/h4-10,12-14,25H,2-3,11,30H2,1H3. The summed E-state index contributed by atoms with van der Waals surface area (Å²) in [4.78, 5) is 23.1. The minimum absolute atomic E-state index is 0.0109. The van der Waals surface area contributed by atoms with Crippen LogP contribution in [-0.4, -0.2) is 17.5 Å². The largest absolute Gasteiger partial charge is 0.494 e. The molecule has 0 amide bonds. The maximum atomic E-state index is 12.7. The number of halogens is 1. The van der Waals surface area contributed by atoms with Gasteiger partial charge in [-0.25, -0.2) is 4.79 Å². The van der Waals surface area contributed by atoms with E-state index in [4.69, 9.17) is 31.5 Å². The maximum Gasteiger partial charge on any atom is 0.345 e. The second kappa shape index (κ2) is 11.0. The number of hydrogen-bond donors (Lipinski definition) is 1. The van der Waals surface area contributed by atoms with Gasteiger partial charge in [0.05, 0.1) is 28.0 Å². The van der Waals surface area contributed by atoms with Crippen molar-refractivity contribution < 1.29 is 23.9 Å². The lowest BCUT2D eigenvalue weighted by molar-refractivity contribution is -0.384. The lowest BCUT2D eigenvalue weighted by atomic mass is 9.83. The molecule has 0 bridgehead atoms. The number of allylic oxidation sites excluding steroid dienone is 1. The van der Waals surface area contributed by atoms with E-state index in [0.29, 0.717) is 23.7 Å². The van der Waals surface area contributed by atoms with Crippen LogP contribution < -0.4 is 19.9 Å². The fourth-order valence-electron chi connectivity index (χ4n) is 3.91. The highest BCUT2D eigenvalue weighted by atomic mass is 35.5. The van der Waals surface area contributed by atoms with E-state index in [0.717, 1.165) is 24.5 Å². The second-order valence-corrected chi connectivity index (χ2v) is 8.62. The van der Waals surface area contributed by atoms with Crippen LogP contribution >= 0.6 is 11.6 Å². The number of nitrogens with zero attached hydrogens (tertiary/aromatic N) is 2. The van der Waals surface area contributed by atoms with Crippen molar-refractivity contribution in [2.24, 2.45) is 5.73 Å². The third-order valence-corrected chi connectivity index (χ3v) is 6.07. The molecule has 1 aliphatic rings. The highest BCUT2D eigenvalue weighted by molar-refractivity contribution is 6.33. The van der Waals surface area contributed by atoms with Gasteiger partial charge in [-0.05, 0) is 36.2 Å². The fraction of sp³-hybridized carbons (Fsp3) is 0.185. The first-order valence-corrected chi connectivity index (χ1v) is 11.8. The minimum atomic E-state index is -0.876. The van der Waals surface area contributed by atoms with E-state index >= 15 is 0 Å². The lowest BCUT2D eigenvalue weighted by Crippen LogP contribution is -2.21. The molecule has 3 aromatic rings. The van der Waals surface area contributed by atoms with Crippen LogP contribution in [0.25, 0.3) is 0 Å². The molecule has 0 spiro atoms. The Hall–Kier alpha value is -4.55. The number of nitro benzene ring substituents is 1. The molecule has 9 nitrogen and oxygen atoms in total. The molecule has 1 heterocycles. The number of carbonyl (C=O) groups excluding carboxylic acids is 1. The molecule has 0 aliphatic carbocycles. The van der Waals surface area contributed by atoms with Gasteiger partial charge < -0.3 is 19.9 Å². The third-order valence-electron chi connectivity index (χ3n) is 5.74. The molecular formula is C27H22ClN3O6. The minimum Gasteiger partial charge on any atom is -0.494 e. The summed E-state index contributed by atoms with van der Waals surface area (Å²) in [6, 6.07) is 17.7. The zero-order chi connectivity index (χ0) is 26.5. The van der Waals surface area contributed by atoms with Crippen molar-refractivity contribution in [2.45, 2.75) is 25.7 Å². The molecule has 1 unspecified atom stereocenters. The summed E-state index contributed by atoms with van der Waals surface area (Å²) in [7, 11) is 0. The van der Waals surface area contributed by atoms with Gasteiger partial charge in [-0.2, -0.15) is 5.26 Å². The van der Waals surface area contributed by atoms with Gasteiger partial charge in [-0.15, -0.1) is 0 Å². The summed E-state index contributed by atoms with van der Waals surface area (Å²) in [5.74, 6) is -0.389. The molecule has 3 aromatic carbocycles. The fourth-order valence-corrected chi connectivity index (χ4v) is 4.10. The summed E-state index contributed by atoms with van der Waals surface area (Å²) in [5, 5.41) is 20.9. The quantitative estimate of drug-likeness (QED) is 0.128. The van der Waals surface area contributed by atoms with Crippen molar-refractivity contribution in [3.05, 3.63) is 104 Å². The third kappa shape index (κ3) is 5.50. The van der Waals surface area contributed by atoms with Gasteiger partial charge in [0.2, 0.25) is 5.88 Å². The number of carbonyl (C=O) groups is 1. The molecular weight excluding hydrogens is 498 g/mol. The van der Waals surface area contributed by atoms with Gasteiger partial charge in [-0.3, -0.25) is 10.1 Å². The molecule has 4 rings (SSSR count). The van der Waals surface area contributed by atoms with Gasteiger partial charge in [0.15, 0.2) is 0 Å². The Morgan fingerprint density at radius 3 is 2.73 bits per heavy atom. The average molecular weight is 520 g/mol. The Morgan fingerprint density at radius 1 is 1.19 bits per heavy atom. The van der Waals surface area contributed by atoms with Crippen molar-refractivity contribution >= 4 is 23.3 Å². The lowest BCUT2D eigenvalue weighted by Gasteiger charge is -2.27. The zero-order valence-electron chi connectivity index (χ0n) is 19.8. The molecule has 0 radical (unpaired) electrons. The number of benzene rings is 3. The second-order valence-electron chi connectivity index (χ2n) is 8.21. The first-order chi connectivity index (χ1) is 17.8. The monoisotopic (exact) mass is 519 g/mol. The molecule has 188 valence electrons. The molecule has 1 atom stereocenters. The summed E-state index contributed by atoms with van der Waals surface area (Å²) in [5.41, 5.74) is 7.31. The Morgan fingerprint density at radius 2 is 2.00 bits per heavy atom. The van der Waals surface area contributed by atoms with Crippen molar-refractivity contribution in [3.63, 3.8) is 0 Å². The van der Waals surface area contributed by atoms with E-state index in [-0.39, 0.29) is 33.5 Å². The van der Waals surface area contributed by atoms with Crippen molar-refractivity contribution in [1.29, 1.82) is 5.26 Å². The van der Waals surface area contributed by atoms with Crippen LogP contribution in [0.5, 0.6) is 17.2 Å². The first kappa shape index (κ1) is 25.5. The van der Waals surface area contributed by atoms with Crippen molar-refractivity contribution in [1.82, 2.24) is 0 Å². The summed E-state index contributed by atoms with van der Waals surface area (Å²) < 4.78 is 16.9. The van der Waals surface area contributed by atoms with Crippen molar-refractivity contribution in [2.75, 3.05) is 6.61 Å². The molecule has 0 saturated carbocycles. The van der Waals surface area contributed by atoms with E-state index in [9.17, 15) is 20.2 Å². The number of unbranched alkanes of at least 4 members (excludes halogenated alkanes) is 1. The maximum absolute atomic E-state index is 12.7. The number of nitrogens with two attached hydrogens (primary N) is 1. The summed E-state index contributed by atoms with van der Waals surface area (Å²) >= 11 is 6.06. The van der Waals surface area contributed by atoms with E-state index in [1.807, 2.05) is 24.3 Å². The predicted octanol–water partition coefficient (Wildman–Crippen LogP) is 5.86. The van der Waals surface area contributed by atoms with Crippen LogP contribution in [0.3, 0.4) is 0 Å².